The van der Waals surface area contributed by atoms with Gasteiger partial charge in [-0.3, -0.25) is 0 Å². The number of nitrogens with zero attached hydrogens (tertiary/aromatic N) is 2. The van der Waals surface area contributed by atoms with Crippen LogP contribution in [-0.2, 0) is 16.3 Å². The first-order valence-corrected chi connectivity index (χ1v) is 7.45. The third-order valence-electron chi connectivity index (χ3n) is 2.72. The van der Waals surface area contributed by atoms with E-state index in [9.17, 15) is 8.42 Å². The fourth-order valence-electron chi connectivity index (χ4n) is 1.80. The Balaban J connectivity index is 2.55. The maximum atomic E-state index is 11.4. The molecule has 0 aliphatic rings. The number of imidazole rings is 1. The van der Waals surface area contributed by atoms with Crippen LogP contribution in [0.4, 0.5) is 5.69 Å². The summed E-state index contributed by atoms with van der Waals surface area (Å²) in [5.74, 6) is 0.883. The molecule has 2 rings (SSSR count). The fraction of sp³-hybridized carbons (Fsp3) is 0.250. The van der Waals surface area contributed by atoms with E-state index < -0.39 is 9.84 Å². The lowest BCUT2D eigenvalue weighted by Gasteiger charge is -2.10. The monoisotopic (exact) mass is 265 g/mol. The van der Waals surface area contributed by atoms with Crippen molar-refractivity contribution in [2.24, 2.45) is 0 Å². The molecule has 6 heteroatoms. The standard InChI is InChI=1S/C12H15N3O2S/c1-3-12-14-6-7-15(12)11-5-4-9(8-10(11)13)18(2,16)17/h4-8H,3,13H2,1-2H3. The number of anilines is 1. The molecular formula is C12H15N3O2S. The van der Waals surface area contributed by atoms with E-state index in [2.05, 4.69) is 4.98 Å². The normalized spacial score (nSPS) is 11.7. The van der Waals surface area contributed by atoms with Gasteiger partial charge >= 0.3 is 0 Å². The molecule has 0 atom stereocenters. The van der Waals surface area contributed by atoms with Crippen molar-refractivity contribution >= 4 is 15.5 Å². The van der Waals surface area contributed by atoms with Gasteiger partial charge in [0.05, 0.1) is 16.3 Å². The minimum Gasteiger partial charge on any atom is -0.397 e. The van der Waals surface area contributed by atoms with Crippen molar-refractivity contribution in [2.75, 3.05) is 12.0 Å². The molecule has 0 saturated heterocycles. The van der Waals surface area contributed by atoms with Crippen molar-refractivity contribution in [3.8, 4) is 5.69 Å². The molecule has 96 valence electrons. The SMILES string of the molecule is CCc1nccn1-c1ccc(S(C)(=O)=O)cc1N. The summed E-state index contributed by atoms with van der Waals surface area (Å²) in [6.07, 6.45) is 5.45. The number of aryl methyl sites for hydroxylation is 1. The van der Waals surface area contributed by atoms with Gasteiger partial charge in [0.25, 0.3) is 0 Å². The van der Waals surface area contributed by atoms with Crippen LogP contribution in [0.5, 0.6) is 0 Å². The van der Waals surface area contributed by atoms with Gasteiger partial charge in [-0.25, -0.2) is 13.4 Å². The topological polar surface area (TPSA) is 78.0 Å². The van der Waals surface area contributed by atoms with Crippen molar-refractivity contribution < 1.29 is 8.42 Å². The highest BCUT2D eigenvalue weighted by Crippen LogP contribution is 2.22. The fourth-order valence-corrected chi connectivity index (χ4v) is 2.45. The number of rotatable bonds is 3. The number of hydrogen-bond donors (Lipinski definition) is 1. The lowest BCUT2D eigenvalue weighted by molar-refractivity contribution is 0.602. The first-order valence-electron chi connectivity index (χ1n) is 5.55. The van der Waals surface area contributed by atoms with E-state index in [1.54, 1.807) is 18.3 Å². The van der Waals surface area contributed by atoms with Crippen LogP contribution >= 0.6 is 0 Å². The van der Waals surface area contributed by atoms with E-state index in [-0.39, 0.29) is 4.90 Å². The van der Waals surface area contributed by atoms with E-state index in [1.807, 2.05) is 17.7 Å². The van der Waals surface area contributed by atoms with Gasteiger partial charge < -0.3 is 10.3 Å². The van der Waals surface area contributed by atoms with Gasteiger partial charge in [-0.15, -0.1) is 0 Å². The van der Waals surface area contributed by atoms with Crippen LogP contribution in [0.15, 0.2) is 35.5 Å². The molecule has 2 N–H and O–H groups in total. The van der Waals surface area contributed by atoms with Crippen LogP contribution in [0.3, 0.4) is 0 Å². The van der Waals surface area contributed by atoms with Gasteiger partial charge in [-0.2, -0.15) is 0 Å². The molecule has 1 aromatic heterocycles. The predicted octanol–water partition coefficient (Wildman–Crippen LogP) is 1.42. The molecule has 2 aromatic rings. The van der Waals surface area contributed by atoms with E-state index in [4.69, 9.17) is 5.73 Å². The third kappa shape index (κ3) is 2.24. The molecule has 18 heavy (non-hydrogen) atoms. The van der Waals surface area contributed by atoms with Gasteiger partial charge in [0.1, 0.15) is 5.82 Å². The first-order chi connectivity index (χ1) is 8.43. The number of aromatic nitrogens is 2. The third-order valence-corrected chi connectivity index (χ3v) is 3.83. The zero-order valence-corrected chi connectivity index (χ0v) is 11.1. The molecular weight excluding hydrogens is 250 g/mol. The van der Waals surface area contributed by atoms with Crippen molar-refractivity contribution in [1.29, 1.82) is 0 Å². The van der Waals surface area contributed by atoms with Crippen LogP contribution < -0.4 is 5.73 Å². The number of benzene rings is 1. The summed E-state index contributed by atoms with van der Waals surface area (Å²) in [7, 11) is -3.23. The number of nitrogen functional groups attached to an aromatic ring is 1. The summed E-state index contributed by atoms with van der Waals surface area (Å²) in [5.41, 5.74) is 7.09. The summed E-state index contributed by atoms with van der Waals surface area (Å²) in [6.45, 7) is 2.00. The Bertz CT molecular complexity index is 674. The summed E-state index contributed by atoms with van der Waals surface area (Å²) in [6, 6.07) is 4.73. The smallest absolute Gasteiger partial charge is 0.175 e. The van der Waals surface area contributed by atoms with Gasteiger partial charge in [-0.05, 0) is 18.2 Å². The minimum absolute atomic E-state index is 0.224. The maximum Gasteiger partial charge on any atom is 0.175 e. The Labute approximate surface area is 106 Å². The summed E-state index contributed by atoms with van der Waals surface area (Å²) >= 11 is 0. The summed E-state index contributed by atoms with van der Waals surface area (Å²) in [5, 5.41) is 0. The Morgan fingerprint density at radius 3 is 2.67 bits per heavy atom. The molecule has 1 aromatic carbocycles. The quantitative estimate of drug-likeness (QED) is 0.851. The highest BCUT2D eigenvalue weighted by Gasteiger charge is 2.11. The van der Waals surface area contributed by atoms with Crippen LogP contribution in [-0.4, -0.2) is 24.2 Å². The second-order valence-electron chi connectivity index (χ2n) is 4.06. The molecule has 0 amide bonds. The van der Waals surface area contributed by atoms with E-state index in [1.165, 1.54) is 6.07 Å². The van der Waals surface area contributed by atoms with Gasteiger partial charge in [0, 0.05) is 25.1 Å². The van der Waals surface area contributed by atoms with Gasteiger partial charge in [0.15, 0.2) is 9.84 Å². The maximum absolute atomic E-state index is 11.4. The molecule has 0 saturated carbocycles. The number of hydrogen-bond acceptors (Lipinski definition) is 4. The zero-order chi connectivity index (χ0) is 13.3. The molecule has 5 nitrogen and oxygen atoms in total. The second-order valence-corrected chi connectivity index (χ2v) is 6.08. The van der Waals surface area contributed by atoms with E-state index in [0.717, 1.165) is 24.2 Å². The highest BCUT2D eigenvalue weighted by atomic mass is 32.2. The first kappa shape index (κ1) is 12.6. The van der Waals surface area contributed by atoms with E-state index >= 15 is 0 Å². The molecule has 0 unspecified atom stereocenters. The van der Waals surface area contributed by atoms with Gasteiger partial charge in [-0.1, -0.05) is 6.92 Å². The molecule has 0 aliphatic carbocycles. The van der Waals surface area contributed by atoms with E-state index in [0.29, 0.717) is 5.69 Å². The molecule has 0 spiro atoms. The predicted molar refractivity (Wildman–Crippen MR) is 70.5 cm³/mol. The largest absolute Gasteiger partial charge is 0.397 e. The van der Waals surface area contributed by atoms with Gasteiger partial charge in [0.2, 0.25) is 0 Å². The Morgan fingerprint density at radius 2 is 2.11 bits per heavy atom. The van der Waals surface area contributed by atoms with Crippen LogP contribution in [0.2, 0.25) is 0 Å². The zero-order valence-electron chi connectivity index (χ0n) is 10.3. The second kappa shape index (κ2) is 4.45. The minimum atomic E-state index is -3.23. The van der Waals surface area contributed by atoms with Crippen LogP contribution in [0.1, 0.15) is 12.7 Å². The lowest BCUT2D eigenvalue weighted by Crippen LogP contribution is -2.05. The number of nitrogens with two attached hydrogens (primary N) is 1. The molecule has 0 fully saturated rings. The molecule has 1 heterocycles. The summed E-state index contributed by atoms with van der Waals surface area (Å²) < 4.78 is 24.7. The van der Waals surface area contributed by atoms with Crippen molar-refractivity contribution in [3.63, 3.8) is 0 Å². The molecule has 0 bridgehead atoms. The molecule has 0 aliphatic heterocycles. The number of sulfone groups is 1. The van der Waals surface area contributed by atoms with Crippen molar-refractivity contribution in [1.82, 2.24) is 9.55 Å². The average molecular weight is 265 g/mol. The lowest BCUT2D eigenvalue weighted by atomic mass is 10.2. The Kier molecular flexibility index (Phi) is 3.13. The average Bonchev–Trinajstić information content (AvgIpc) is 2.75. The van der Waals surface area contributed by atoms with Crippen molar-refractivity contribution in [2.45, 2.75) is 18.2 Å². The highest BCUT2D eigenvalue weighted by molar-refractivity contribution is 7.90. The Morgan fingerprint density at radius 1 is 1.39 bits per heavy atom. The van der Waals surface area contributed by atoms with Crippen LogP contribution in [0.25, 0.3) is 5.69 Å². The van der Waals surface area contributed by atoms with Crippen molar-refractivity contribution in [3.05, 3.63) is 36.4 Å². The van der Waals surface area contributed by atoms with Crippen LogP contribution in [0, 0.1) is 0 Å². The Hall–Kier alpha value is -1.82. The summed E-state index contributed by atoms with van der Waals surface area (Å²) in [4.78, 5) is 4.44. The molecule has 0 radical (unpaired) electrons.